The van der Waals surface area contributed by atoms with Gasteiger partial charge >= 0.3 is 0 Å². The summed E-state index contributed by atoms with van der Waals surface area (Å²) in [5.41, 5.74) is 3.02. The molecule has 0 aliphatic heterocycles. The van der Waals surface area contributed by atoms with E-state index in [1.165, 1.54) is 0 Å². The van der Waals surface area contributed by atoms with Gasteiger partial charge in [-0.1, -0.05) is 54.6 Å². The number of carbonyl (C=O) groups is 1. The molecule has 3 aromatic carbocycles. The van der Waals surface area contributed by atoms with Crippen molar-refractivity contribution in [3.8, 4) is 0 Å². The standard InChI is InChI=1S/C26H24N4OS/c1-17(24-29-19-12-6-7-13-20(19)30-24)27-25(31)26(2,18-10-4-3-5-11-18)16-23-28-21-14-8-9-15-22(21)32-23/h3-15,17H,16H2,1-2H3,(H,27,31)(H,29,30)/t17-,26+/m0/s1. The third-order valence-corrected chi connectivity index (χ3v) is 6.96. The highest BCUT2D eigenvalue weighted by molar-refractivity contribution is 7.18. The third-order valence-electron chi connectivity index (χ3n) is 5.92. The molecule has 2 heterocycles. The van der Waals surface area contributed by atoms with Gasteiger partial charge in [0.1, 0.15) is 5.82 Å². The summed E-state index contributed by atoms with van der Waals surface area (Å²) in [5.74, 6) is 0.700. The van der Waals surface area contributed by atoms with Gasteiger partial charge in [0, 0.05) is 6.42 Å². The SMILES string of the molecule is C[C@H](NC(=O)[C@](C)(Cc1nc2ccccc2s1)c1ccccc1)c1nc2ccccc2[nH]1. The van der Waals surface area contributed by atoms with Crippen molar-refractivity contribution in [2.75, 3.05) is 0 Å². The van der Waals surface area contributed by atoms with Crippen molar-refractivity contribution in [1.82, 2.24) is 20.3 Å². The normalized spacial score (nSPS) is 14.3. The van der Waals surface area contributed by atoms with E-state index in [4.69, 9.17) is 4.98 Å². The predicted octanol–water partition coefficient (Wildman–Crippen LogP) is 5.55. The van der Waals surface area contributed by atoms with E-state index >= 15 is 0 Å². The van der Waals surface area contributed by atoms with E-state index in [-0.39, 0.29) is 11.9 Å². The van der Waals surface area contributed by atoms with E-state index in [2.05, 4.69) is 21.4 Å². The Balaban J connectivity index is 1.46. The Labute approximate surface area is 190 Å². The zero-order valence-corrected chi connectivity index (χ0v) is 18.8. The lowest BCUT2D eigenvalue weighted by atomic mass is 9.78. The number of carbonyl (C=O) groups excluding carboxylic acids is 1. The Bertz CT molecular complexity index is 1320. The van der Waals surface area contributed by atoms with Gasteiger partial charge in [-0.2, -0.15) is 0 Å². The molecule has 32 heavy (non-hydrogen) atoms. The number of rotatable bonds is 6. The molecule has 1 amide bonds. The van der Waals surface area contributed by atoms with Crippen LogP contribution in [0.2, 0.25) is 0 Å². The van der Waals surface area contributed by atoms with Crippen molar-refractivity contribution in [2.45, 2.75) is 31.7 Å². The molecule has 0 saturated carbocycles. The maximum absolute atomic E-state index is 13.7. The zero-order valence-electron chi connectivity index (χ0n) is 18.0. The van der Waals surface area contributed by atoms with Crippen molar-refractivity contribution in [3.63, 3.8) is 0 Å². The fourth-order valence-corrected chi connectivity index (χ4v) is 5.14. The predicted molar refractivity (Wildman–Crippen MR) is 130 cm³/mol. The number of para-hydroxylation sites is 3. The van der Waals surface area contributed by atoms with Crippen LogP contribution in [0.3, 0.4) is 0 Å². The molecule has 0 unspecified atom stereocenters. The second-order valence-electron chi connectivity index (χ2n) is 8.28. The van der Waals surface area contributed by atoms with Crippen molar-refractivity contribution in [3.05, 3.63) is 95.3 Å². The van der Waals surface area contributed by atoms with Crippen molar-refractivity contribution in [2.24, 2.45) is 0 Å². The molecule has 2 aromatic heterocycles. The summed E-state index contributed by atoms with van der Waals surface area (Å²) in [5, 5.41) is 4.14. The summed E-state index contributed by atoms with van der Waals surface area (Å²) in [7, 11) is 0. The summed E-state index contributed by atoms with van der Waals surface area (Å²) >= 11 is 1.64. The molecule has 160 valence electrons. The second kappa shape index (κ2) is 8.20. The Hall–Kier alpha value is -3.51. The highest BCUT2D eigenvalue weighted by Crippen LogP contribution is 2.33. The molecule has 6 heteroatoms. The second-order valence-corrected chi connectivity index (χ2v) is 9.40. The highest BCUT2D eigenvalue weighted by Gasteiger charge is 2.37. The first kappa shape index (κ1) is 20.4. The first-order chi connectivity index (χ1) is 15.5. The van der Waals surface area contributed by atoms with Gasteiger partial charge in [-0.3, -0.25) is 4.79 Å². The lowest BCUT2D eigenvalue weighted by Crippen LogP contribution is -2.45. The maximum atomic E-state index is 13.7. The van der Waals surface area contributed by atoms with Crippen LogP contribution in [0.15, 0.2) is 78.9 Å². The number of benzene rings is 3. The Morgan fingerprint density at radius 3 is 2.41 bits per heavy atom. The number of imidazole rings is 1. The molecule has 0 aliphatic carbocycles. The van der Waals surface area contributed by atoms with Crippen LogP contribution in [0.25, 0.3) is 21.3 Å². The van der Waals surface area contributed by atoms with E-state index in [0.717, 1.165) is 37.6 Å². The first-order valence-corrected chi connectivity index (χ1v) is 11.5. The summed E-state index contributed by atoms with van der Waals surface area (Å²) in [6.07, 6.45) is 0.523. The molecular weight excluding hydrogens is 416 g/mol. The molecule has 0 bridgehead atoms. The molecule has 0 aliphatic rings. The molecule has 0 fully saturated rings. The fourth-order valence-electron chi connectivity index (χ4n) is 4.02. The molecule has 5 aromatic rings. The number of hydrogen-bond acceptors (Lipinski definition) is 4. The Kier molecular flexibility index (Phi) is 5.23. The van der Waals surface area contributed by atoms with Gasteiger partial charge in [0.15, 0.2) is 0 Å². The van der Waals surface area contributed by atoms with Crippen molar-refractivity contribution in [1.29, 1.82) is 0 Å². The van der Waals surface area contributed by atoms with Crippen LogP contribution in [0.5, 0.6) is 0 Å². The lowest BCUT2D eigenvalue weighted by molar-refractivity contribution is -0.127. The van der Waals surface area contributed by atoms with Crippen LogP contribution < -0.4 is 5.32 Å². The van der Waals surface area contributed by atoms with Crippen molar-refractivity contribution >= 4 is 38.5 Å². The zero-order chi connectivity index (χ0) is 22.1. The van der Waals surface area contributed by atoms with Crippen LogP contribution in [-0.4, -0.2) is 20.9 Å². The van der Waals surface area contributed by atoms with E-state index in [1.54, 1.807) is 11.3 Å². The van der Waals surface area contributed by atoms with Crippen LogP contribution in [-0.2, 0) is 16.6 Å². The molecule has 5 nitrogen and oxygen atoms in total. The number of H-pyrrole nitrogens is 1. The van der Waals surface area contributed by atoms with Gasteiger partial charge in [0.2, 0.25) is 5.91 Å². The largest absolute Gasteiger partial charge is 0.346 e. The monoisotopic (exact) mass is 440 g/mol. The van der Waals surface area contributed by atoms with E-state index < -0.39 is 5.41 Å². The number of aromatic nitrogens is 3. The number of thiazole rings is 1. The van der Waals surface area contributed by atoms with Gasteiger partial charge in [-0.25, -0.2) is 9.97 Å². The van der Waals surface area contributed by atoms with E-state index in [1.807, 2.05) is 86.6 Å². The number of aromatic amines is 1. The summed E-state index contributed by atoms with van der Waals surface area (Å²) < 4.78 is 1.13. The highest BCUT2D eigenvalue weighted by atomic mass is 32.1. The fraction of sp³-hybridized carbons (Fsp3) is 0.192. The summed E-state index contributed by atoms with van der Waals surface area (Å²) in [6, 6.07) is 25.7. The summed E-state index contributed by atoms with van der Waals surface area (Å²) in [6.45, 7) is 3.95. The van der Waals surface area contributed by atoms with Gasteiger partial charge in [0.05, 0.1) is 37.7 Å². The smallest absolute Gasteiger partial charge is 0.231 e. The molecule has 0 saturated heterocycles. The number of fused-ring (bicyclic) bond motifs is 2. The molecule has 2 atom stereocenters. The average molecular weight is 441 g/mol. The van der Waals surface area contributed by atoms with Gasteiger partial charge in [-0.05, 0) is 43.7 Å². The number of nitrogens with zero attached hydrogens (tertiary/aromatic N) is 2. The molecule has 0 spiro atoms. The lowest BCUT2D eigenvalue weighted by Gasteiger charge is -2.29. The molecule has 2 N–H and O–H groups in total. The molecule has 5 rings (SSSR count). The minimum absolute atomic E-state index is 0.0455. The van der Waals surface area contributed by atoms with Crippen LogP contribution in [0.1, 0.15) is 36.3 Å². The molecular formula is C26H24N4OS. The van der Waals surface area contributed by atoms with Crippen LogP contribution in [0, 0.1) is 0 Å². The minimum Gasteiger partial charge on any atom is -0.346 e. The number of nitrogens with one attached hydrogen (secondary N) is 2. The number of amides is 1. The van der Waals surface area contributed by atoms with Crippen molar-refractivity contribution < 1.29 is 4.79 Å². The van der Waals surface area contributed by atoms with Crippen LogP contribution >= 0.6 is 11.3 Å². The first-order valence-electron chi connectivity index (χ1n) is 10.7. The summed E-state index contributed by atoms with van der Waals surface area (Å²) in [4.78, 5) is 26.5. The Morgan fingerprint density at radius 1 is 0.969 bits per heavy atom. The minimum atomic E-state index is -0.768. The topological polar surface area (TPSA) is 70.7 Å². The van der Waals surface area contributed by atoms with Gasteiger partial charge in [0.25, 0.3) is 0 Å². The maximum Gasteiger partial charge on any atom is 0.231 e. The molecule has 0 radical (unpaired) electrons. The Morgan fingerprint density at radius 2 is 1.66 bits per heavy atom. The van der Waals surface area contributed by atoms with Crippen LogP contribution in [0.4, 0.5) is 0 Å². The average Bonchev–Trinajstić information content (AvgIpc) is 3.43. The quantitative estimate of drug-likeness (QED) is 0.364. The van der Waals surface area contributed by atoms with Gasteiger partial charge < -0.3 is 10.3 Å². The van der Waals surface area contributed by atoms with E-state index in [9.17, 15) is 4.79 Å². The third kappa shape index (κ3) is 3.78. The number of hydrogen-bond donors (Lipinski definition) is 2. The van der Waals surface area contributed by atoms with E-state index in [0.29, 0.717) is 6.42 Å². The van der Waals surface area contributed by atoms with Gasteiger partial charge in [-0.15, -0.1) is 11.3 Å².